The number of hydrogen-bond donors (Lipinski definition) is 2. The number of aromatic nitrogens is 2. The van der Waals surface area contributed by atoms with E-state index in [1.807, 2.05) is 0 Å². The summed E-state index contributed by atoms with van der Waals surface area (Å²) in [4.78, 5) is 24.5. The highest BCUT2D eigenvalue weighted by atomic mass is 19.3. The predicted octanol–water partition coefficient (Wildman–Crippen LogP) is 4.32. The summed E-state index contributed by atoms with van der Waals surface area (Å²) in [5.41, 5.74) is -1.54. The molecule has 11 heteroatoms. The first-order valence-electron chi connectivity index (χ1n) is 12.1. The van der Waals surface area contributed by atoms with E-state index in [-0.39, 0.29) is 18.0 Å². The fourth-order valence-corrected chi connectivity index (χ4v) is 4.98. The van der Waals surface area contributed by atoms with Gasteiger partial charge in [0, 0.05) is 37.2 Å². The predicted molar refractivity (Wildman–Crippen MR) is 139 cm³/mol. The summed E-state index contributed by atoms with van der Waals surface area (Å²) < 4.78 is 51.7. The molecule has 0 aliphatic carbocycles. The van der Waals surface area contributed by atoms with Gasteiger partial charge in [0.25, 0.3) is 5.91 Å². The monoisotopic (exact) mass is 531 g/mol. The number of methoxy groups -OCH3 is 1. The van der Waals surface area contributed by atoms with Crippen molar-refractivity contribution < 1.29 is 27.8 Å². The van der Waals surface area contributed by atoms with Gasteiger partial charge < -0.3 is 25.0 Å². The van der Waals surface area contributed by atoms with Gasteiger partial charge in [-0.05, 0) is 53.1 Å². The zero-order chi connectivity index (χ0) is 28.2. The van der Waals surface area contributed by atoms with Crippen LogP contribution >= 0.6 is 0 Å². The van der Waals surface area contributed by atoms with E-state index in [1.54, 1.807) is 47.1 Å². The zero-order valence-electron chi connectivity index (χ0n) is 22.4. The first kappa shape index (κ1) is 27.7. The van der Waals surface area contributed by atoms with Crippen molar-refractivity contribution in [3.63, 3.8) is 0 Å². The number of aliphatic hydroxyl groups is 1. The lowest BCUT2D eigenvalue weighted by Crippen LogP contribution is -2.50. The van der Waals surface area contributed by atoms with E-state index >= 15 is 13.2 Å². The van der Waals surface area contributed by atoms with Crippen molar-refractivity contribution in [2.75, 3.05) is 45.0 Å². The molecule has 0 spiro atoms. The van der Waals surface area contributed by atoms with Crippen LogP contribution in [0.15, 0.2) is 30.3 Å². The molecule has 2 heterocycles. The Hall–Kier alpha value is -3.28. The standard InChI is InChI=1S/C27H32F3N5O3/c1-14(16-9-8-10-19(22(16)28)27(29,30)26(3,37)13-34(4)5)31-24-17-12-21-18(11-20(17)32-15(2)33-24)23(38-7)25(36)35(21)6/h8-12,14,23,37H,13H2,1-7H3,(H,31,32,33)/t14-,23?,26?/m1/s1. The Balaban J connectivity index is 1.74. The Morgan fingerprint density at radius 3 is 2.58 bits per heavy atom. The van der Waals surface area contributed by atoms with Gasteiger partial charge in [-0.2, -0.15) is 8.78 Å². The number of halogens is 3. The van der Waals surface area contributed by atoms with Gasteiger partial charge in [0.1, 0.15) is 23.1 Å². The number of hydrogen-bond acceptors (Lipinski definition) is 7. The van der Waals surface area contributed by atoms with Crippen LogP contribution < -0.4 is 10.2 Å². The Morgan fingerprint density at radius 2 is 1.95 bits per heavy atom. The number of alkyl halides is 2. The molecule has 3 aromatic rings. The molecule has 0 bridgehead atoms. The molecule has 38 heavy (non-hydrogen) atoms. The summed E-state index contributed by atoms with van der Waals surface area (Å²) in [7, 11) is 6.20. The van der Waals surface area contributed by atoms with Gasteiger partial charge in [-0.25, -0.2) is 14.4 Å². The molecule has 1 amide bonds. The summed E-state index contributed by atoms with van der Waals surface area (Å²) in [5, 5.41) is 14.2. The van der Waals surface area contributed by atoms with Gasteiger partial charge in [-0.15, -0.1) is 0 Å². The smallest absolute Gasteiger partial charge is 0.305 e. The van der Waals surface area contributed by atoms with Gasteiger partial charge in [-0.3, -0.25) is 4.79 Å². The van der Waals surface area contributed by atoms with Crippen LogP contribution in [0.1, 0.15) is 48.5 Å². The van der Waals surface area contributed by atoms with E-state index in [2.05, 4.69) is 15.3 Å². The van der Waals surface area contributed by atoms with E-state index in [1.165, 1.54) is 29.0 Å². The van der Waals surface area contributed by atoms with Crippen LogP contribution in [0.4, 0.5) is 24.7 Å². The van der Waals surface area contributed by atoms with Crippen LogP contribution in [0.25, 0.3) is 10.9 Å². The maximum atomic E-state index is 15.6. The molecule has 1 aliphatic heterocycles. The molecule has 0 saturated heterocycles. The molecule has 2 aromatic carbocycles. The minimum absolute atomic E-state index is 0.0138. The van der Waals surface area contributed by atoms with Gasteiger partial charge in [-0.1, -0.05) is 12.1 Å². The summed E-state index contributed by atoms with van der Waals surface area (Å²) in [6.45, 7) is 3.95. The van der Waals surface area contributed by atoms with E-state index < -0.39 is 35.1 Å². The molecule has 4 rings (SSSR count). The Kier molecular flexibility index (Phi) is 7.15. The van der Waals surface area contributed by atoms with Crippen molar-refractivity contribution in [2.45, 2.75) is 44.4 Å². The summed E-state index contributed by atoms with van der Waals surface area (Å²) in [6.07, 6.45) is -0.742. The topological polar surface area (TPSA) is 90.8 Å². The third kappa shape index (κ3) is 4.59. The van der Waals surface area contributed by atoms with Crippen molar-refractivity contribution >= 4 is 28.3 Å². The second-order valence-corrected chi connectivity index (χ2v) is 10.2. The largest absolute Gasteiger partial charge is 0.382 e. The van der Waals surface area contributed by atoms with E-state index in [9.17, 15) is 9.90 Å². The molecule has 2 N–H and O–H groups in total. The van der Waals surface area contributed by atoms with Gasteiger partial charge >= 0.3 is 5.92 Å². The Labute approximate surface area is 219 Å². The van der Waals surface area contributed by atoms with Gasteiger partial charge in [0.15, 0.2) is 6.10 Å². The molecule has 3 atom stereocenters. The first-order valence-corrected chi connectivity index (χ1v) is 12.1. The van der Waals surface area contributed by atoms with Crippen molar-refractivity contribution in [3.8, 4) is 0 Å². The summed E-state index contributed by atoms with van der Waals surface area (Å²) >= 11 is 0. The third-order valence-electron chi connectivity index (χ3n) is 6.88. The molecule has 1 aromatic heterocycles. The second kappa shape index (κ2) is 9.79. The number of carbonyl (C=O) groups excluding carboxylic acids is 1. The molecule has 1 aliphatic rings. The highest BCUT2D eigenvalue weighted by molar-refractivity contribution is 6.07. The van der Waals surface area contributed by atoms with Gasteiger partial charge in [0.2, 0.25) is 0 Å². The van der Waals surface area contributed by atoms with Crippen LogP contribution in [0, 0.1) is 12.7 Å². The van der Waals surface area contributed by atoms with Crippen LogP contribution in [0.3, 0.4) is 0 Å². The van der Waals surface area contributed by atoms with Crippen LogP contribution in [0.2, 0.25) is 0 Å². The number of ether oxygens (including phenoxy) is 1. The van der Waals surface area contributed by atoms with Crippen LogP contribution in [-0.2, 0) is 15.5 Å². The van der Waals surface area contributed by atoms with Crippen LogP contribution in [-0.4, -0.2) is 66.3 Å². The van der Waals surface area contributed by atoms with Crippen molar-refractivity contribution in [1.82, 2.24) is 14.9 Å². The molecular formula is C27H32F3N5O3. The maximum Gasteiger partial charge on any atom is 0.305 e. The average molecular weight is 532 g/mol. The fourth-order valence-electron chi connectivity index (χ4n) is 4.98. The maximum absolute atomic E-state index is 15.6. The number of likely N-dealkylation sites (N-methyl/N-ethyl adjacent to an activating group) is 2. The minimum Gasteiger partial charge on any atom is -0.382 e. The number of aryl methyl sites for hydroxylation is 1. The van der Waals surface area contributed by atoms with Crippen molar-refractivity contribution in [2.24, 2.45) is 0 Å². The Bertz CT molecular complexity index is 1400. The quantitative estimate of drug-likeness (QED) is 0.448. The van der Waals surface area contributed by atoms with Crippen molar-refractivity contribution in [1.29, 1.82) is 0 Å². The Morgan fingerprint density at radius 1 is 1.26 bits per heavy atom. The molecular weight excluding hydrogens is 499 g/mol. The zero-order valence-corrected chi connectivity index (χ0v) is 22.4. The van der Waals surface area contributed by atoms with E-state index in [0.29, 0.717) is 33.8 Å². The van der Waals surface area contributed by atoms with E-state index in [4.69, 9.17) is 4.74 Å². The van der Waals surface area contributed by atoms with E-state index in [0.717, 1.165) is 13.0 Å². The lowest BCUT2D eigenvalue weighted by Gasteiger charge is -2.35. The second-order valence-electron chi connectivity index (χ2n) is 10.2. The minimum atomic E-state index is -3.86. The first-order chi connectivity index (χ1) is 17.7. The van der Waals surface area contributed by atoms with Crippen LogP contribution in [0.5, 0.6) is 0 Å². The number of nitrogens with one attached hydrogen (secondary N) is 1. The number of amides is 1. The highest BCUT2D eigenvalue weighted by Crippen LogP contribution is 2.43. The molecule has 204 valence electrons. The number of carbonyl (C=O) groups is 1. The summed E-state index contributed by atoms with van der Waals surface area (Å²) in [6, 6.07) is 6.49. The molecule has 0 saturated carbocycles. The highest BCUT2D eigenvalue weighted by Gasteiger charge is 2.52. The molecule has 0 radical (unpaired) electrons. The molecule has 0 fully saturated rings. The number of anilines is 2. The summed E-state index contributed by atoms with van der Waals surface area (Å²) in [5.74, 6) is -4.39. The van der Waals surface area contributed by atoms with Gasteiger partial charge in [0.05, 0.1) is 22.8 Å². The van der Waals surface area contributed by atoms with Crippen molar-refractivity contribution in [3.05, 3.63) is 58.7 Å². The molecule has 8 nitrogen and oxygen atoms in total. The number of rotatable bonds is 8. The lowest BCUT2D eigenvalue weighted by molar-refractivity contribution is -0.186. The normalized spacial score (nSPS) is 18.2. The molecule has 2 unspecified atom stereocenters. The SMILES string of the molecule is COC1C(=O)N(C)c2cc3c(N[C@H](C)c4cccc(C(F)(F)C(C)(O)CN(C)C)c4F)nc(C)nc3cc21. The number of fused-ring (bicyclic) bond motifs is 2. The fraction of sp³-hybridized carbons (Fsp3) is 0.444. The number of nitrogens with zero attached hydrogens (tertiary/aromatic N) is 4. The number of benzene rings is 2. The lowest BCUT2D eigenvalue weighted by atomic mass is 9.89. The average Bonchev–Trinajstić information content (AvgIpc) is 3.05. The third-order valence-corrected chi connectivity index (χ3v) is 6.88.